The molecule has 0 fully saturated rings. The van der Waals surface area contributed by atoms with Crippen molar-refractivity contribution < 1.29 is 14.5 Å². The summed E-state index contributed by atoms with van der Waals surface area (Å²) in [5.41, 5.74) is 0.191. The minimum Gasteiger partial charge on any atom is -0.492 e. The fourth-order valence-electron chi connectivity index (χ4n) is 1.89. The summed E-state index contributed by atoms with van der Waals surface area (Å²) in [6.45, 7) is 0.734. The van der Waals surface area contributed by atoms with Crippen molar-refractivity contribution in [2.45, 2.75) is 0 Å². The van der Waals surface area contributed by atoms with Crippen LogP contribution in [0.3, 0.4) is 0 Å². The van der Waals surface area contributed by atoms with Crippen LogP contribution in [-0.2, 0) is 0 Å². The van der Waals surface area contributed by atoms with Crippen molar-refractivity contribution in [3.05, 3.63) is 70.3 Å². The molecule has 2 aromatic carbocycles. The van der Waals surface area contributed by atoms with Gasteiger partial charge in [0.15, 0.2) is 0 Å². The maximum atomic E-state index is 12.2. The van der Waals surface area contributed by atoms with Crippen molar-refractivity contribution >= 4 is 11.6 Å². The van der Waals surface area contributed by atoms with E-state index in [2.05, 4.69) is 0 Å². The molecule has 6 heteroatoms. The summed E-state index contributed by atoms with van der Waals surface area (Å²) in [6.07, 6.45) is 0. The number of benzene rings is 2. The summed E-state index contributed by atoms with van der Waals surface area (Å²) in [6, 6.07) is 15.0. The van der Waals surface area contributed by atoms with Gasteiger partial charge in [-0.3, -0.25) is 14.9 Å². The number of ether oxygens (including phenoxy) is 1. The largest absolute Gasteiger partial charge is 0.492 e. The number of likely N-dealkylation sites (N-methyl/N-ethyl adjacent to an activating group) is 1. The van der Waals surface area contributed by atoms with Gasteiger partial charge in [0.1, 0.15) is 12.4 Å². The Hall–Kier alpha value is -2.89. The van der Waals surface area contributed by atoms with Crippen LogP contribution in [0.4, 0.5) is 5.69 Å². The first-order chi connectivity index (χ1) is 10.6. The molecular formula is C16H16N2O4. The monoisotopic (exact) mass is 300 g/mol. The highest BCUT2D eigenvalue weighted by atomic mass is 16.6. The maximum Gasteiger partial charge on any atom is 0.270 e. The summed E-state index contributed by atoms with van der Waals surface area (Å²) < 4.78 is 5.52. The molecule has 22 heavy (non-hydrogen) atoms. The molecule has 0 aliphatic rings. The Bertz CT molecular complexity index is 658. The van der Waals surface area contributed by atoms with Gasteiger partial charge in [-0.1, -0.05) is 24.3 Å². The van der Waals surface area contributed by atoms with E-state index in [1.165, 1.54) is 23.1 Å². The topological polar surface area (TPSA) is 72.7 Å². The second-order valence-electron chi connectivity index (χ2n) is 4.70. The number of non-ortho nitro benzene ring substituents is 1. The van der Waals surface area contributed by atoms with Crippen LogP contribution in [0.25, 0.3) is 0 Å². The van der Waals surface area contributed by atoms with E-state index in [1.807, 2.05) is 30.3 Å². The van der Waals surface area contributed by atoms with Gasteiger partial charge in [-0.05, 0) is 18.2 Å². The average molecular weight is 300 g/mol. The Morgan fingerprint density at radius 3 is 2.59 bits per heavy atom. The van der Waals surface area contributed by atoms with Gasteiger partial charge in [0.25, 0.3) is 11.6 Å². The molecule has 0 aliphatic heterocycles. The third kappa shape index (κ3) is 4.05. The van der Waals surface area contributed by atoms with E-state index < -0.39 is 4.92 Å². The summed E-state index contributed by atoms with van der Waals surface area (Å²) in [5.74, 6) is 0.457. The highest BCUT2D eigenvalue weighted by Gasteiger charge is 2.15. The molecule has 0 unspecified atom stereocenters. The molecule has 0 spiro atoms. The molecule has 0 saturated carbocycles. The number of carbonyl (C=O) groups excluding carboxylic acids is 1. The van der Waals surface area contributed by atoms with Crippen LogP contribution in [0.5, 0.6) is 5.75 Å². The highest BCUT2D eigenvalue weighted by Crippen LogP contribution is 2.14. The minimum atomic E-state index is -0.519. The zero-order chi connectivity index (χ0) is 15.9. The van der Waals surface area contributed by atoms with Gasteiger partial charge < -0.3 is 9.64 Å². The van der Waals surface area contributed by atoms with Crippen molar-refractivity contribution in [2.75, 3.05) is 20.2 Å². The minimum absolute atomic E-state index is 0.0974. The van der Waals surface area contributed by atoms with Gasteiger partial charge in [-0.15, -0.1) is 0 Å². The molecule has 0 atom stereocenters. The van der Waals surface area contributed by atoms with E-state index in [-0.39, 0.29) is 17.2 Å². The van der Waals surface area contributed by atoms with E-state index in [0.29, 0.717) is 13.2 Å². The lowest BCUT2D eigenvalue weighted by Crippen LogP contribution is -2.30. The van der Waals surface area contributed by atoms with Crippen molar-refractivity contribution in [3.63, 3.8) is 0 Å². The number of carbonyl (C=O) groups is 1. The predicted octanol–water partition coefficient (Wildman–Crippen LogP) is 2.75. The molecule has 1 amide bonds. The van der Waals surface area contributed by atoms with Crippen LogP contribution in [0.1, 0.15) is 10.4 Å². The molecule has 2 rings (SSSR count). The van der Waals surface area contributed by atoms with E-state index in [4.69, 9.17) is 4.74 Å². The Morgan fingerprint density at radius 1 is 1.18 bits per heavy atom. The number of nitro groups is 1. The lowest BCUT2D eigenvalue weighted by molar-refractivity contribution is -0.384. The number of nitrogens with zero attached hydrogens (tertiary/aromatic N) is 2. The first-order valence-electron chi connectivity index (χ1n) is 6.75. The molecule has 0 radical (unpaired) electrons. The number of para-hydroxylation sites is 1. The van der Waals surface area contributed by atoms with Gasteiger partial charge in [0, 0.05) is 24.7 Å². The molecule has 114 valence electrons. The molecule has 0 N–H and O–H groups in total. The Balaban J connectivity index is 1.92. The zero-order valence-corrected chi connectivity index (χ0v) is 12.1. The smallest absolute Gasteiger partial charge is 0.270 e. The molecule has 0 saturated heterocycles. The molecule has 6 nitrogen and oxygen atoms in total. The maximum absolute atomic E-state index is 12.2. The lowest BCUT2D eigenvalue weighted by Gasteiger charge is -2.17. The van der Waals surface area contributed by atoms with E-state index in [1.54, 1.807) is 13.1 Å². The van der Waals surface area contributed by atoms with Crippen LogP contribution < -0.4 is 4.74 Å². The fourth-order valence-corrected chi connectivity index (χ4v) is 1.89. The zero-order valence-electron chi connectivity index (χ0n) is 12.1. The Labute approximate surface area is 128 Å². The highest BCUT2D eigenvalue weighted by molar-refractivity contribution is 5.94. The standard InChI is InChI=1S/C16H16N2O4/c1-17(10-11-22-15-8-3-2-4-9-15)16(19)13-6-5-7-14(12-13)18(20)21/h2-9,12H,10-11H2,1H3. The van der Waals surface area contributed by atoms with E-state index in [0.717, 1.165) is 5.75 Å². The second-order valence-corrected chi connectivity index (χ2v) is 4.70. The van der Waals surface area contributed by atoms with Gasteiger partial charge in [0.05, 0.1) is 11.5 Å². The molecule has 0 bridgehead atoms. The first-order valence-corrected chi connectivity index (χ1v) is 6.75. The summed E-state index contributed by atoms with van der Waals surface area (Å²) >= 11 is 0. The van der Waals surface area contributed by atoms with Crippen LogP contribution in [-0.4, -0.2) is 35.9 Å². The van der Waals surface area contributed by atoms with Crippen molar-refractivity contribution in [1.82, 2.24) is 4.90 Å². The number of hydrogen-bond donors (Lipinski definition) is 0. The van der Waals surface area contributed by atoms with Crippen molar-refractivity contribution in [1.29, 1.82) is 0 Å². The summed E-state index contributed by atoms with van der Waals surface area (Å²) in [5, 5.41) is 10.7. The third-order valence-electron chi connectivity index (χ3n) is 3.09. The first kappa shape index (κ1) is 15.5. The van der Waals surface area contributed by atoms with Crippen molar-refractivity contribution in [3.8, 4) is 5.75 Å². The summed E-state index contributed by atoms with van der Waals surface area (Å²) in [7, 11) is 1.63. The SMILES string of the molecule is CN(CCOc1ccccc1)C(=O)c1cccc([N+](=O)[O-])c1. The van der Waals surface area contributed by atoms with Crippen LogP contribution in [0.15, 0.2) is 54.6 Å². The Kier molecular flexibility index (Phi) is 5.08. The van der Waals surface area contributed by atoms with Crippen LogP contribution in [0.2, 0.25) is 0 Å². The molecule has 0 aromatic heterocycles. The third-order valence-corrected chi connectivity index (χ3v) is 3.09. The molecular weight excluding hydrogens is 284 g/mol. The Morgan fingerprint density at radius 2 is 1.91 bits per heavy atom. The van der Waals surface area contributed by atoms with E-state index in [9.17, 15) is 14.9 Å². The number of rotatable bonds is 6. The van der Waals surface area contributed by atoms with Crippen molar-refractivity contribution in [2.24, 2.45) is 0 Å². The van der Waals surface area contributed by atoms with Gasteiger partial charge in [-0.25, -0.2) is 0 Å². The second kappa shape index (κ2) is 7.21. The molecule has 2 aromatic rings. The summed E-state index contributed by atoms with van der Waals surface area (Å²) in [4.78, 5) is 23.9. The van der Waals surface area contributed by atoms with Crippen LogP contribution >= 0.6 is 0 Å². The normalized spacial score (nSPS) is 10.0. The van der Waals surface area contributed by atoms with Gasteiger partial charge >= 0.3 is 0 Å². The van der Waals surface area contributed by atoms with Crippen LogP contribution in [0, 0.1) is 10.1 Å². The quantitative estimate of drug-likeness (QED) is 0.607. The number of amides is 1. The molecule has 0 heterocycles. The van der Waals surface area contributed by atoms with Gasteiger partial charge in [-0.2, -0.15) is 0 Å². The number of hydrogen-bond acceptors (Lipinski definition) is 4. The lowest BCUT2D eigenvalue weighted by atomic mass is 10.2. The van der Waals surface area contributed by atoms with E-state index >= 15 is 0 Å². The predicted molar refractivity (Wildman–Crippen MR) is 82.0 cm³/mol. The fraction of sp³-hybridized carbons (Fsp3) is 0.188. The number of nitro benzene ring substituents is 1. The average Bonchev–Trinajstić information content (AvgIpc) is 2.55. The van der Waals surface area contributed by atoms with Gasteiger partial charge in [0.2, 0.25) is 0 Å². The molecule has 0 aliphatic carbocycles.